The van der Waals surface area contributed by atoms with Crippen LogP contribution in [0.3, 0.4) is 0 Å². The van der Waals surface area contributed by atoms with Crippen molar-refractivity contribution in [1.29, 1.82) is 0 Å². The first-order valence-electron chi connectivity index (χ1n) is 7.00. The highest BCUT2D eigenvalue weighted by molar-refractivity contribution is 6.30. The summed E-state index contributed by atoms with van der Waals surface area (Å²) >= 11 is 5.68. The molecule has 1 heterocycles. The van der Waals surface area contributed by atoms with Crippen molar-refractivity contribution < 1.29 is 13.7 Å². The Labute approximate surface area is 141 Å². The SMILES string of the molecule is O=C(NCc1cccc(Cl)c1F)Nc1nc(-c2ccccc2)no1. The summed E-state index contributed by atoms with van der Waals surface area (Å²) in [5, 5.41) is 8.66. The van der Waals surface area contributed by atoms with Crippen LogP contribution in [0.15, 0.2) is 53.1 Å². The second-order valence-electron chi connectivity index (χ2n) is 4.81. The quantitative estimate of drug-likeness (QED) is 0.752. The van der Waals surface area contributed by atoms with Crippen LogP contribution in [0.1, 0.15) is 5.56 Å². The van der Waals surface area contributed by atoms with Crippen molar-refractivity contribution >= 4 is 23.6 Å². The van der Waals surface area contributed by atoms with Crippen molar-refractivity contribution in [1.82, 2.24) is 15.5 Å². The summed E-state index contributed by atoms with van der Waals surface area (Å²) < 4.78 is 18.7. The Balaban J connectivity index is 1.59. The molecule has 0 bridgehead atoms. The van der Waals surface area contributed by atoms with Crippen molar-refractivity contribution in [3.63, 3.8) is 0 Å². The van der Waals surface area contributed by atoms with Gasteiger partial charge in [-0.3, -0.25) is 5.32 Å². The van der Waals surface area contributed by atoms with Gasteiger partial charge in [0, 0.05) is 17.7 Å². The lowest BCUT2D eigenvalue weighted by Gasteiger charge is -2.06. The van der Waals surface area contributed by atoms with Crippen LogP contribution in [0.4, 0.5) is 15.2 Å². The van der Waals surface area contributed by atoms with Crippen LogP contribution in [0.2, 0.25) is 5.02 Å². The minimum absolute atomic E-state index is 0.000822. The van der Waals surface area contributed by atoms with Gasteiger partial charge in [-0.2, -0.15) is 4.98 Å². The Morgan fingerprint density at radius 2 is 1.96 bits per heavy atom. The number of carbonyl (C=O) groups excluding carboxylic acids is 1. The number of nitrogens with zero attached hydrogens (tertiary/aromatic N) is 2. The smallest absolute Gasteiger partial charge is 0.329 e. The van der Waals surface area contributed by atoms with Crippen LogP contribution in [0.25, 0.3) is 11.4 Å². The van der Waals surface area contributed by atoms with Gasteiger partial charge >= 0.3 is 12.0 Å². The second-order valence-corrected chi connectivity index (χ2v) is 5.22. The zero-order valence-corrected chi connectivity index (χ0v) is 13.0. The second kappa shape index (κ2) is 7.10. The van der Waals surface area contributed by atoms with Crippen LogP contribution in [0, 0.1) is 5.82 Å². The Morgan fingerprint density at radius 1 is 1.17 bits per heavy atom. The molecule has 0 unspecified atom stereocenters. The average Bonchev–Trinajstić information content (AvgIpc) is 3.05. The predicted octanol–water partition coefficient (Wildman–Crippen LogP) is 3.85. The average molecular weight is 347 g/mol. The number of amides is 2. The summed E-state index contributed by atoms with van der Waals surface area (Å²) in [5.74, 6) is -0.213. The molecule has 2 amide bonds. The van der Waals surface area contributed by atoms with Crippen LogP contribution in [0.5, 0.6) is 0 Å². The molecule has 0 radical (unpaired) electrons. The van der Waals surface area contributed by atoms with Gasteiger partial charge in [0.25, 0.3) is 0 Å². The normalized spacial score (nSPS) is 10.4. The molecule has 8 heteroatoms. The van der Waals surface area contributed by atoms with E-state index in [2.05, 4.69) is 20.8 Å². The molecule has 24 heavy (non-hydrogen) atoms. The molecule has 0 spiro atoms. The first-order valence-corrected chi connectivity index (χ1v) is 7.38. The van der Waals surface area contributed by atoms with Crippen molar-refractivity contribution in [2.45, 2.75) is 6.54 Å². The fraction of sp³-hybridized carbons (Fsp3) is 0.0625. The number of carbonyl (C=O) groups is 1. The van der Waals surface area contributed by atoms with E-state index in [-0.39, 0.29) is 23.1 Å². The molecule has 2 aromatic carbocycles. The Hall–Kier alpha value is -2.93. The minimum Gasteiger partial charge on any atom is -0.334 e. The van der Waals surface area contributed by atoms with Crippen LogP contribution in [-0.4, -0.2) is 16.2 Å². The first kappa shape index (κ1) is 15.9. The number of rotatable bonds is 4. The Bertz CT molecular complexity index is 854. The van der Waals surface area contributed by atoms with Crippen LogP contribution in [-0.2, 0) is 6.54 Å². The van der Waals surface area contributed by atoms with Gasteiger partial charge in [0.15, 0.2) is 0 Å². The van der Waals surface area contributed by atoms with E-state index in [1.54, 1.807) is 6.07 Å². The van der Waals surface area contributed by atoms with Gasteiger partial charge in [-0.05, 0) is 6.07 Å². The topological polar surface area (TPSA) is 80.0 Å². The van der Waals surface area contributed by atoms with Crippen molar-refractivity contribution in [2.75, 3.05) is 5.32 Å². The molecular weight excluding hydrogens is 335 g/mol. The van der Waals surface area contributed by atoms with Crippen molar-refractivity contribution in [2.24, 2.45) is 0 Å². The molecule has 3 aromatic rings. The van der Waals surface area contributed by atoms with E-state index in [1.165, 1.54) is 12.1 Å². The van der Waals surface area contributed by atoms with Gasteiger partial charge in [-0.15, -0.1) is 0 Å². The number of halogens is 2. The summed E-state index contributed by atoms with van der Waals surface area (Å²) in [5.41, 5.74) is 1.03. The number of aromatic nitrogens is 2. The lowest BCUT2D eigenvalue weighted by Crippen LogP contribution is -2.28. The van der Waals surface area contributed by atoms with E-state index < -0.39 is 11.8 Å². The van der Waals surface area contributed by atoms with Crippen LogP contribution >= 0.6 is 11.6 Å². The first-order chi connectivity index (χ1) is 11.6. The van der Waals surface area contributed by atoms with E-state index in [0.717, 1.165) is 5.56 Å². The van der Waals surface area contributed by atoms with Gasteiger partial charge in [-0.25, -0.2) is 9.18 Å². The van der Waals surface area contributed by atoms with Crippen LogP contribution < -0.4 is 10.6 Å². The standard InChI is InChI=1S/C16H12ClFN4O2/c17-12-8-4-7-11(13(12)18)9-19-15(23)21-16-20-14(22-24-16)10-5-2-1-3-6-10/h1-8H,9H2,(H2,19,20,21,22,23). The molecule has 0 atom stereocenters. The predicted molar refractivity (Wildman–Crippen MR) is 87.0 cm³/mol. The Kier molecular flexibility index (Phi) is 4.72. The van der Waals surface area contributed by atoms with Gasteiger partial charge in [-0.1, -0.05) is 59.2 Å². The molecule has 122 valence electrons. The number of nitrogens with one attached hydrogen (secondary N) is 2. The third kappa shape index (κ3) is 3.69. The monoisotopic (exact) mass is 346 g/mol. The number of hydrogen-bond acceptors (Lipinski definition) is 4. The highest BCUT2D eigenvalue weighted by Gasteiger charge is 2.12. The van der Waals surface area contributed by atoms with Gasteiger partial charge < -0.3 is 9.84 Å². The summed E-state index contributed by atoms with van der Waals surface area (Å²) in [7, 11) is 0. The summed E-state index contributed by atoms with van der Waals surface area (Å²) in [4.78, 5) is 15.9. The van der Waals surface area contributed by atoms with Crippen molar-refractivity contribution in [3.8, 4) is 11.4 Å². The van der Waals surface area contributed by atoms with E-state index >= 15 is 0 Å². The fourth-order valence-corrected chi connectivity index (χ4v) is 2.17. The van der Waals surface area contributed by atoms with Gasteiger partial charge in [0.05, 0.1) is 5.02 Å². The maximum atomic E-state index is 13.7. The zero-order chi connectivity index (χ0) is 16.9. The fourth-order valence-electron chi connectivity index (χ4n) is 1.98. The Morgan fingerprint density at radius 3 is 2.75 bits per heavy atom. The highest BCUT2D eigenvalue weighted by atomic mass is 35.5. The molecule has 2 N–H and O–H groups in total. The third-order valence-corrected chi connectivity index (χ3v) is 3.44. The lowest BCUT2D eigenvalue weighted by atomic mass is 10.2. The van der Waals surface area contributed by atoms with Gasteiger partial charge in [0.1, 0.15) is 5.82 Å². The zero-order valence-electron chi connectivity index (χ0n) is 12.3. The summed E-state index contributed by atoms with van der Waals surface area (Å²) in [6.45, 7) is -0.0299. The summed E-state index contributed by atoms with van der Waals surface area (Å²) in [6, 6.07) is 13.1. The van der Waals surface area contributed by atoms with E-state index in [4.69, 9.17) is 16.1 Å². The van der Waals surface area contributed by atoms with E-state index in [9.17, 15) is 9.18 Å². The highest BCUT2D eigenvalue weighted by Crippen LogP contribution is 2.18. The molecule has 0 fully saturated rings. The molecule has 1 aromatic heterocycles. The van der Waals surface area contributed by atoms with Crippen molar-refractivity contribution in [3.05, 3.63) is 64.9 Å². The van der Waals surface area contributed by atoms with Gasteiger partial charge in [0.2, 0.25) is 5.82 Å². The molecule has 0 aliphatic rings. The molecule has 0 aliphatic carbocycles. The molecule has 0 aliphatic heterocycles. The molecule has 3 rings (SSSR count). The largest absolute Gasteiger partial charge is 0.334 e. The molecule has 0 saturated heterocycles. The van der Waals surface area contributed by atoms with E-state index in [0.29, 0.717) is 5.82 Å². The third-order valence-electron chi connectivity index (χ3n) is 3.15. The maximum Gasteiger partial charge on any atom is 0.329 e. The molecule has 6 nitrogen and oxygen atoms in total. The molecule has 0 saturated carbocycles. The summed E-state index contributed by atoms with van der Waals surface area (Å²) in [6.07, 6.45) is 0. The number of hydrogen-bond donors (Lipinski definition) is 2. The number of urea groups is 1. The van der Waals surface area contributed by atoms with E-state index in [1.807, 2.05) is 30.3 Å². The molecular formula is C16H12ClFN4O2. The number of anilines is 1. The lowest BCUT2D eigenvalue weighted by molar-refractivity contribution is 0.250. The minimum atomic E-state index is -0.599. The number of benzene rings is 2. The maximum absolute atomic E-state index is 13.7.